The van der Waals surface area contributed by atoms with E-state index < -0.39 is 0 Å². The fourth-order valence-corrected chi connectivity index (χ4v) is 1.54. The van der Waals surface area contributed by atoms with E-state index in [1.807, 2.05) is 6.92 Å². The van der Waals surface area contributed by atoms with Crippen LogP contribution in [0.2, 0.25) is 0 Å². The number of nitrogens with zero attached hydrogens (tertiary/aromatic N) is 5. The minimum Gasteiger partial charge on any atom is -0.341 e. The molecule has 100 valence electrons. The van der Waals surface area contributed by atoms with Crippen molar-refractivity contribution in [1.29, 1.82) is 0 Å². The first-order valence-electron chi connectivity index (χ1n) is 5.55. The molecule has 0 saturated carbocycles. The number of hydrogen-bond donors (Lipinski definition) is 3. The van der Waals surface area contributed by atoms with E-state index >= 15 is 0 Å². The Bertz CT molecular complexity index is 563. The number of nitrogens with two attached hydrogens (primary N) is 1. The Morgan fingerprint density at radius 2 is 2.21 bits per heavy atom. The maximum atomic E-state index is 11.9. The third-order valence-corrected chi connectivity index (χ3v) is 2.51. The molecule has 2 heterocycles. The summed E-state index contributed by atoms with van der Waals surface area (Å²) >= 11 is 0. The molecule has 19 heavy (non-hydrogen) atoms. The summed E-state index contributed by atoms with van der Waals surface area (Å²) in [6.45, 7) is 1.81. The number of carbonyl (C=O) groups is 1. The zero-order valence-electron chi connectivity index (χ0n) is 10.5. The van der Waals surface area contributed by atoms with Gasteiger partial charge in [0.1, 0.15) is 12.0 Å². The van der Waals surface area contributed by atoms with Gasteiger partial charge in [-0.1, -0.05) is 0 Å². The summed E-state index contributed by atoms with van der Waals surface area (Å²) in [4.78, 5) is 19.8. The van der Waals surface area contributed by atoms with Gasteiger partial charge in [-0.15, -0.1) is 10.2 Å². The highest BCUT2D eigenvalue weighted by Gasteiger charge is 2.16. The second-order valence-corrected chi connectivity index (χ2v) is 3.93. The molecule has 4 N–H and O–H groups in total. The summed E-state index contributed by atoms with van der Waals surface area (Å²) in [5, 5.41) is 10.4. The molecule has 0 aliphatic rings. The van der Waals surface area contributed by atoms with Gasteiger partial charge in [0.25, 0.3) is 5.91 Å². The predicted molar refractivity (Wildman–Crippen MR) is 66.7 cm³/mol. The standard InChI is InChI=1S/C10H14N8O/c1-6(9-17-14-5-18(9)2)15-10(19)7-3-13-8(16-11)4-12-7/h3-6H,11H2,1-2H3,(H,13,16)(H,15,19). The molecule has 9 heteroatoms. The highest BCUT2D eigenvalue weighted by atomic mass is 16.2. The molecule has 1 atom stereocenters. The van der Waals surface area contributed by atoms with Crippen molar-refractivity contribution in [2.24, 2.45) is 12.9 Å². The van der Waals surface area contributed by atoms with E-state index in [1.165, 1.54) is 12.4 Å². The summed E-state index contributed by atoms with van der Waals surface area (Å²) in [7, 11) is 1.81. The zero-order valence-corrected chi connectivity index (χ0v) is 10.5. The number of anilines is 1. The minimum atomic E-state index is -0.341. The van der Waals surface area contributed by atoms with Crippen LogP contribution < -0.4 is 16.6 Å². The number of amides is 1. The lowest BCUT2D eigenvalue weighted by atomic mass is 10.3. The maximum absolute atomic E-state index is 11.9. The summed E-state index contributed by atoms with van der Waals surface area (Å²) in [6.07, 6.45) is 4.29. The number of hydrogen-bond acceptors (Lipinski definition) is 7. The predicted octanol–water partition coefficient (Wildman–Crippen LogP) is -0.618. The van der Waals surface area contributed by atoms with E-state index in [4.69, 9.17) is 5.84 Å². The first-order chi connectivity index (χ1) is 9.11. The smallest absolute Gasteiger partial charge is 0.272 e. The molecule has 1 amide bonds. The second kappa shape index (κ2) is 5.40. The Kier molecular flexibility index (Phi) is 3.66. The van der Waals surface area contributed by atoms with E-state index in [0.29, 0.717) is 11.6 Å². The third kappa shape index (κ3) is 2.83. The highest BCUT2D eigenvalue weighted by molar-refractivity contribution is 5.92. The fraction of sp³-hybridized carbons (Fsp3) is 0.300. The number of aryl methyl sites for hydroxylation is 1. The van der Waals surface area contributed by atoms with Crippen molar-refractivity contribution in [3.63, 3.8) is 0 Å². The van der Waals surface area contributed by atoms with E-state index in [2.05, 4.69) is 30.9 Å². The molecule has 0 aromatic carbocycles. The van der Waals surface area contributed by atoms with Crippen molar-refractivity contribution in [2.45, 2.75) is 13.0 Å². The zero-order chi connectivity index (χ0) is 13.8. The monoisotopic (exact) mass is 262 g/mol. The van der Waals surface area contributed by atoms with Gasteiger partial charge >= 0.3 is 0 Å². The van der Waals surface area contributed by atoms with Gasteiger partial charge in [0, 0.05) is 7.05 Å². The molecule has 2 aromatic rings. The van der Waals surface area contributed by atoms with Crippen LogP contribution in [0, 0.1) is 0 Å². The van der Waals surface area contributed by atoms with Crippen LogP contribution in [0.1, 0.15) is 29.3 Å². The quantitative estimate of drug-likeness (QED) is 0.495. The molecular weight excluding hydrogens is 248 g/mol. The molecule has 0 aliphatic heterocycles. The molecule has 0 saturated heterocycles. The van der Waals surface area contributed by atoms with Crippen molar-refractivity contribution in [1.82, 2.24) is 30.0 Å². The second-order valence-electron chi connectivity index (χ2n) is 3.93. The van der Waals surface area contributed by atoms with Crippen molar-refractivity contribution < 1.29 is 4.79 Å². The summed E-state index contributed by atoms with van der Waals surface area (Å²) in [5.74, 6) is 5.87. The van der Waals surface area contributed by atoms with Crippen LogP contribution in [0.15, 0.2) is 18.7 Å². The number of rotatable bonds is 4. The van der Waals surface area contributed by atoms with Gasteiger partial charge in [-0.2, -0.15) is 0 Å². The third-order valence-electron chi connectivity index (χ3n) is 2.51. The van der Waals surface area contributed by atoms with Gasteiger partial charge in [0.15, 0.2) is 11.6 Å². The minimum absolute atomic E-state index is 0.202. The Morgan fingerprint density at radius 3 is 2.74 bits per heavy atom. The molecule has 0 aliphatic carbocycles. The number of nitrogen functional groups attached to an aromatic ring is 1. The van der Waals surface area contributed by atoms with Gasteiger partial charge in [-0.05, 0) is 6.92 Å². The van der Waals surface area contributed by atoms with Gasteiger partial charge in [-0.3, -0.25) is 4.79 Å². The van der Waals surface area contributed by atoms with Gasteiger partial charge in [-0.25, -0.2) is 15.8 Å². The van der Waals surface area contributed by atoms with Crippen LogP contribution in [0.3, 0.4) is 0 Å². The van der Waals surface area contributed by atoms with Crippen molar-refractivity contribution >= 4 is 11.7 Å². The van der Waals surface area contributed by atoms with Gasteiger partial charge in [0.2, 0.25) is 0 Å². The lowest BCUT2D eigenvalue weighted by Crippen LogP contribution is -2.29. The topological polar surface area (TPSA) is 124 Å². The normalized spacial score (nSPS) is 11.9. The fourth-order valence-electron chi connectivity index (χ4n) is 1.54. The molecule has 9 nitrogen and oxygen atoms in total. The van der Waals surface area contributed by atoms with E-state index in [1.54, 1.807) is 17.9 Å². The van der Waals surface area contributed by atoms with Crippen LogP contribution in [-0.4, -0.2) is 30.6 Å². The van der Waals surface area contributed by atoms with E-state index in [9.17, 15) is 4.79 Å². The number of hydrazine groups is 1. The SMILES string of the molecule is CC(NC(=O)c1cnc(NN)cn1)c1nncn1C. The summed E-state index contributed by atoms with van der Waals surface area (Å²) in [6, 6.07) is -0.283. The molecule has 1 unspecified atom stereocenters. The number of nitrogens with one attached hydrogen (secondary N) is 2. The first kappa shape index (κ1) is 12.9. The lowest BCUT2D eigenvalue weighted by molar-refractivity contribution is 0.0932. The molecule has 0 spiro atoms. The Balaban J connectivity index is 2.06. The molecule has 2 aromatic heterocycles. The van der Waals surface area contributed by atoms with Crippen molar-refractivity contribution in [2.75, 3.05) is 5.43 Å². The van der Waals surface area contributed by atoms with Crippen LogP contribution in [0.5, 0.6) is 0 Å². The largest absolute Gasteiger partial charge is 0.341 e. The van der Waals surface area contributed by atoms with E-state index in [0.717, 1.165) is 0 Å². The summed E-state index contributed by atoms with van der Waals surface area (Å²) < 4.78 is 1.73. The molecule has 0 bridgehead atoms. The van der Waals surface area contributed by atoms with Gasteiger partial charge < -0.3 is 15.3 Å². The number of carbonyl (C=O) groups excluding carboxylic acids is 1. The highest BCUT2D eigenvalue weighted by Crippen LogP contribution is 2.08. The van der Waals surface area contributed by atoms with Gasteiger partial charge in [0.05, 0.1) is 18.4 Å². The maximum Gasteiger partial charge on any atom is 0.272 e. The van der Waals surface area contributed by atoms with Crippen LogP contribution in [0.25, 0.3) is 0 Å². The average molecular weight is 262 g/mol. The Hall–Kier alpha value is -2.55. The van der Waals surface area contributed by atoms with Crippen LogP contribution >= 0.6 is 0 Å². The molecular formula is C10H14N8O. The molecule has 0 fully saturated rings. The Morgan fingerprint density at radius 1 is 1.42 bits per heavy atom. The van der Waals surface area contributed by atoms with E-state index in [-0.39, 0.29) is 17.6 Å². The summed E-state index contributed by atoms with van der Waals surface area (Å²) in [5.41, 5.74) is 2.54. The van der Waals surface area contributed by atoms with Crippen LogP contribution in [-0.2, 0) is 7.05 Å². The van der Waals surface area contributed by atoms with Crippen molar-refractivity contribution in [3.8, 4) is 0 Å². The molecule has 0 radical (unpaired) electrons. The molecule has 2 rings (SSSR count). The average Bonchev–Trinajstić information content (AvgIpc) is 2.85. The first-order valence-corrected chi connectivity index (χ1v) is 5.55. The number of aromatic nitrogens is 5. The lowest BCUT2D eigenvalue weighted by Gasteiger charge is -2.12. The van der Waals surface area contributed by atoms with Crippen molar-refractivity contribution in [3.05, 3.63) is 30.2 Å². The van der Waals surface area contributed by atoms with Crippen LogP contribution in [0.4, 0.5) is 5.82 Å². The Labute approximate surface area is 109 Å².